The molecule has 1 aliphatic heterocycles. The quantitative estimate of drug-likeness (QED) is 0.480. The van der Waals surface area contributed by atoms with Crippen molar-refractivity contribution in [3.63, 3.8) is 0 Å². The summed E-state index contributed by atoms with van der Waals surface area (Å²) in [4.78, 5) is 12.9. The Morgan fingerprint density at radius 2 is 1.86 bits per heavy atom. The van der Waals surface area contributed by atoms with E-state index in [1.165, 1.54) is 0 Å². The van der Waals surface area contributed by atoms with E-state index in [4.69, 9.17) is 9.84 Å². The number of hydrogen-bond acceptors (Lipinski definition) is 6. The van der Waals surface area contributed by atoms with Crippen LogP contribution in [0, 0.1) is 11.3 Å². The summed E-state index contributed by atoms with van der Waals surface area (Å²) >= 11 is 0. The van der Waals surface area contributed by atoms with Gasteiger partial charge in [0.2, 0.25) is 5.82 Å². The Hall–Kier alpha value is -3.31. The molecule has 0 spiro atoms. The van der Waals surface area contributed by atoms with Crippen molar-refractivity contribution < 1.29 is 27.8 Å². The van der Waals surface area contributed by atoms with E-state index in [1.54, 1.807) is 24.3 Å². The Labute approximate surface area is 217 Å². The Balaban J connectivity index is 0.00000361. The van der Waals surface area contributed by atoms with Crippen molar-refractivity contribution in [1.29, 1.82) is 5.26 Å². The second-order valence-electron chi connectivity index (χ2n) is 8.26. The van der Waals surface area contributed by atoms with Crippen LogP contribution in [0.2, 0.25) is 0 Å². The number of carboxylic acid groups (broad SMARTS) is 1. The summed E-state index contributed by atoms with van der Waals surface area (Å²) in [5.74, 6) is -1.82. The van der Waals surface area contributed by atoms with Gasteiger partial charge in [-0.1, -0.05) is 36.4 Å². The molecule has 0 radical (unpaired) electrons. The van der Waals surface area contributed by atoms with Crippen LogP contribution in [0.15, 0.2) is 48.5 Å². The first kappa shape index (κ1) is 27.3. The molecule has 2 heterocycles. The van der Waals surface area contributed by atoms with E-state index in [2.05, 4.69) is 10.2 Å². The van der Waals surface area contributed by atoms with Crippen LogP contribution in [-0.4, -0.2) is 56.1 Å². The first-order chi connectivity index (χ1) is 16.7. The number of aliphatic carboxylic acids is 1. The maximum absolute atomic E-state index is 13.0. The normalized spacial score (nSPS) is 14.3. The number of ether oxygens (including phenoxy) is 1. The van der Waals surface area contributed by atoms with Gasteiger partial charge in [0.25, 0.3) is 0 Å². The molecule has 0 bridgehead atoms. The van der Waals surface area contributed by atoms with Crippen molar-refractivity contribution in [1.82, 2.24) is 19.7 Å². The summed E-state index contributed by atoms with van der Waals surface area (Å²) in [5, 5.41) is 25.1. The summed E-state index contributed by atoms with van der Waals surface area (Å²) in [5.41, 5.74) is 2.53. The number of alkyl halides is 3. The predicted molar refractivity (Wildman–Crippen MR) is 124 cm³/mol. The molecule has 184 valence electrons. The minimum atomic E-state index is -4.52. The Bertz CT molecular complexity index is 1240. The third-order valence-electron chi connectivity index (χ3n) is 5.71. The van der Waals surface area contributed by atoms with Crippen LogP contribution in [0.4, 0.5) is 13.2 Å². The number of halogens is 3. The van der Waals surface area contributed by atoms with Crippen molar-refractivity contribution in [3.05, 3.63) is 76.9 Å². The Morgan fingerprint density at radius 3 is 2.53 bits per heavy atom. The number of nitrogens with zero attached hydrogens (tertiary/aromatic N) is 5. The molecule has 0 saturated carbocycles. The van der Waals surface area contributed by atoms with Crippen molar-refractivity contribution in [2.24, 2.45) is 0 Å². The predicted octanol–water partition coefficient (Wildman–Crippen LogP) is 3.33. The molecular formula is C24H23F3LiN5O3. The van der Waals surface area contributed by atoms with E-state index >= 15 is 0 Å². The standard InChI is InChI=1S/C24H22F3N5O3.Li.H/c25-24(26,27)23-30-29-21-14-31(8-9-32(21)23)13-16-2-1-3-17(10-16)15-35-20-6-4-18(5-7-20)19(12-28)11-22(33)34;;/h1-7,10,19H,8-9,11,13-15H2,(H,33,34);;. The molecule has 1 atom stereocenters. The molecular weight excluding hydrogens is 470 g/mol. The number of hydrogen-bond donors (Lipinski definition) is 1. The average molecular weight is 493 g/mol. The van der Waals surface area contributed by atoms with Crippen molar-refractivity contribution in [3.8, 4) is 11.8 Å². The van der Waals surface area contributed by atoms with Gasteiger partial charge >= 0.3 is 31.0 Å². The summed E-state index contributed by atoms with van der Waals surface area (Å²) in [6.07, 6.45) is -4.78. The van der Waals surface area contributed by atoms with Gasteiger partial charge < -0.3 is 14.4 Å². The van der Waals surface area contributed by atoms with E-state index in [0.717, 1.165) is 15.7 Å². The first-order valence-corrected chi connectivity index (χ1v) is 10.9. The SMILES string of the molecule is N#CC(CC(=O)O)c1ccc(OCc2cccc(CN3CCn4c(nnc4C(F)(F)F)C3)c2)cc1.[LiH]. The van der Waals surface area contributed by atoms with Crippen LogP contribution >= 0.6 is 0 Å². The fourth-order valence-corrected chi connectivity index (χ4v) is 4.00. The Morgan fingerprint density at radius 1 is 1.14 bits per heavy atom. The number of benzene rings is 2. The molecule has 4 rings (SSSR count). The fourth-order valence-electron chi connectivity index (χ4n) is 4.00. The van der Waals surface area contributed by atoms with Crippen LogP contribution in [0.1, 0.15) is 40.7 Å². The average Bonchev–Trinajstić information content (AvgIpc) is 3.26. The van der Waals surface area contributed by atoms with Gasteiger partial charge in [-0.25, -0.2) is 0 Å². The van der Waals surface area contributed by atoms with Gasteiger partial charge in [0.15, 0.2) is 0 Å². The van der Waals surface area contributed by atoms with Gasteiger partial charge in [0, 0.05) is 19.6 Å². The molecule has 0 fully saturated rings. The van der Waals surface area contributed by atoms with Gasteiger partial charge in [-0.05, 0) is 28.8 Å². The minimum absolute atomic E-state index is 0. The second kappa shape index (κ2) is 11.6. The van der Waals surface area contributed by atoms with Crippen LogP contribution in [0.5, 0.6) is 5.75 Å². The summed E-state index contributed by atoms with van der Waals surface area (Å²) < 4.78 is 46.0. The van der Waals surface area contributed by atoms with Crippen molar-refractivity contribution >= 4 is 24.8 Å². The molecule has 0 amide bonds. The molecule has 36 heavy (non-hydrogen) atoms. The zero-order chi connectivity index (χ0) is 25.0. The van der Waals surface area contributed by atoms with Crippen molar-refractivity contribution in [2.45, 2.75) is 44.8 Å². The number of carbonyl (C=O) groups is 1. The van der Waals surface area contributed by atoms with Crippen LogP contribution in [-0.2, 0) is 37.2 Å². The summed E-state index contributed by atoms with van der Waals surface area (Å²) in [7, 11) is 0. The molecule has 0 saturated heterocycles. The van der Waals surface area contributed by atoms with E-state index in [9.17, 15) is 23.2 Å². The number of fused-ring (bicyclic) bond motifs is 1. The van der Waals surface area contributed by atoms with E-state index in [-0.39, 0.29) is 38.4 Å². The molecule has 0 aliphatic carbocycles. The molecule has 12 heteroatoms. The van der Waals surface area contributed by atoms with Gasteiger partial charge in [-0.2, -0.15) is 18.4 Å². The molecule has 1 aromatic heterocycles. The van der Waals surface area contributed by atoms with Crippen LogP contribution in [0.3, 0.4) is 0 Å². The molecule has 1 aliphatic rings. The number of aromatic nitrogens is 3. The van der Waals surface area contributed by atoms with Crippen LogP contribution in [0.25, 0.3) is 0 Å². The zero-order valence-electron chi connectivity index (χ0n) is 18.6. The number of nitriles is 1. The topological polar surface area (TPSA) is 104 Å². The fraction of sp³-hybridized carbons (Fsp3) is 0.333. The van der Waals surface area contributed by atoms with Gasteiger partial charge in [-0.15, -0.1) is 10.2 Å². The second-order valence-corrected chi connectivity index (χ2v) is 8.26. The van der Waals surface area contributed by atoms with Crippen molar-refractivity contribution in [2.75, 3.05) is 6.54 Å². The number of carboxylic acids is 1. The zero-order valence-corrected chi connectivity index (χ0v) is 18.6. The molecule has 1 N–H and O–H groups in total. The Kier molecular flexibility index (Phi) is 8.80. The first-order valence-electron chi connectivity index (χ1n) is 10.9. The molecule has 3 aromatic rings. The van der Waals surface area contributed by atoms with E-state index in [0.29, 0.717) is 36.8 Å². The van der Waals surface area contributed by atoms with Gasteiger partial charge in [-0.3, -0.25) is 9.69 Å². The van der Waals surface area contributed by atoms with E-state index < -0.39 is 23.9 Å². The molecule has 2 aromatic carbocycles. The number of rotatable bonds is 8. The summed E-state index contributed by atoms with van der Waals surface area (Å²) in [6.45, 7) is 1.76. The van der Waals surface area contributed by atoms with Gasteiger partial charge in [0.05, 0.1) is 25.0 Å². The third-order valence-corrected chi connectivity index (χ3v) is 5.71. The summed E-state index contributed by atoms with van der Waals surface area (Å²) in [6, 6.07) is 16.5. The third kappa shape index (κ3) is 6.67. The van der Waals surface area contributed by atoms with Gasteiger partial charge in [0.1, 0.15) is 18.2 Å². The van der Waals surface area contributed by atoms with Crippen LogP contribution < -0.4 is 4.74 Å². The maximum atomic E-state index is 13.0. The molecule has 8 nitrogen and oxygen atoms in total. The molecule has 1 unspecified atom stereocenters. The van der Waals surface area contributed by atoms with E-state index in [1.807, 2.05) is 35.2 Å². The monoisotopic (exact) mass is 493 g/mol.